The molecular formula is C13H10N4O2S2. The van der Waals surface area contributed by atoms with Crippen LogP contribution in [0, 0.1) is 0 Å². The van der Waals surface area contributed by atoms with Gasteiger partial charge in [0, 0.05) is 12.0 Å². The number of nitrogens with zero attached hydrogens (tertiary/aromatic N) is 3. The zero-order chi connectivity index (χ0) is 14.2. The van der Waals surface area contributed by atoms with Gasteiger partial charge in [0.05, 0.1) is 35.5 Å². The van der Waals surface area contributed by atoms with Crippen molar-refractivity contribution >= 4 is 45.1 Å². The normalized spacial score (nSPS) is 14.1. The highest BCUT2D eigenvalue weighted by molar-refractivity contribution is 7.15. The molecule has 21 heavy (non-hydrogen) atoms. The number of aromatic nitrogens is 3. The minimum Gasteiger partial charge on any atom is -0.375 e. The van der Waals surface area contributed by atoms with Crippen molar-refractivity contribution in [3.63, 3.8) is 0 Å². The highest BCUT2D eigenvalue weighted by atomic mass is 32.1. The third-order valence-corrected chi connectivity index (χ3v) is 4.77. The van der Waals surface area contributed by atoms with Gasteiger partial charge in [0.25, 0.3) is 5.91 Å². The van der Waals surface area contributed by atoms with E-state index in [1.165, 1.54) is 11.3 Å². The Hall–Kier alpha value is -1.90. The van der Waals surface area contributed by atoms with Crippen LogP contribution >= 0.6 is 23.1 Å². The van der Waals surface area contributed by atoms with Gasteiger partial charge in [-0.25, -0.2) is 4.98 Å². The molecule has 0 radical (unpaired) electrons. The molecule has 2 aromatic heterocycles. The van der Waals surface area contributed by atoms with Crippen LogP contribution in [0.15, 0.2) is 18.2 Å². The van der Waals surface area contributed by atoms with Crippen LogP contribution in [-0.4, -0.2) is 26.2 Å². The molecule has 1 N–H and O–H groups in total. The molecule has 0 saturated heterocycles. The molecule has 1 amide bonds. The maximum Gasteiger partial charge on any atom is 0.257 e. The molecule has 0 fully saturated rings. The van der Waals surface area contributed by atoms with Crippen molar-refractivity contribution in [3.8, 4) is 0 Å². The Kier molecular flexibility index (Phi) is 3.13. The van der Waals surface area contributed by atoms with Gasteiger partial charge in [-0.05, 0) is 18.2 Å². The maximum absolute atomic E-state index is 12.3. The van der Waals surface area contributed by atoms with Crippen molar-refractivity contribution < 1.29 is 9.53 Å². The number of hydrogen-bond donors (Lipinski definition) is 1. The summed E-state index contributed by atoms with van der Waals surface area (Å²) in [5.41, 5.74) is 3.12. The second-order valence-electron chi connectivity index (χ2n) is 4.61. The monoisotopic (exact) mass is 318 g/mol. The number of carbonyl (C=O) groups excluding carboxylic acids is 1. The number of ether oxygens (including phenoxy) is 1. The minimum atomic E-state index is -0.183. The standard InChI is InChI=1S/C13H10N4O2S2/c18-12(7-1-2-8-10(5-7)17-21-16-8)15-13-14-9-3-4-19-6-11(9)20-13/h1-2,5H,3-4,6H2,(H,14,15,18). The highest BCUT2D eigenvalue weighted by Crippen LogP contribution is 2.27. The summed E-state index contributed by atoms with van der Waals surface area (Å²) >= 11 is 2.61. The summed E-state index contributed by atoms with van der Waals surface area (Å²) in [7, 11) is 0. The number of amides is 1. The number of benzene rings is 1. The molecular weight excluding hydrogens is 308 g/mol. The van der Waals surface area contributed by atoms with Gasteiger partial charge in [-0.15, -0.1) is 0 Å². The smallest absolute Gasteiger partial charge is 0.257 e. The number of nitrogens with one attached hydrogen (secondary N) is 1. The lowest BCUT2D eigenvalue weighted by Gasteiger charge is -2.08. The molecule has 1 aromatic carbocycles. The van der Waals surface area contributed by atoms with Gasteiger partial charge in [0.2, 0.25) is 0 Å². The fourth-order valence-corrected chi connectivity index (χ4v) is 3.63. The van der Waals surface area contributed by atoms with Gasteiger partial charge in [0.15, 0.2) is 5.13 Å². The van der Waals surface area contributed by atoms with E-state index in [0.717, 1.165) is 39.8 Å². The second-order valence-corrected chi connectivity index (χ2v) is 6.23. The second kappa shape index (κ2) is 5.14. The van der Waals surface area contributed by atoms with E-state index in [0.29, 0.717) is 23.9 Å². The number of anilines is 1. The predicted molar refractivity (Wildman–Crippen MR) is 80.8 cm³/mol. The first-order chi connectivity index (χ1) is 10.3. The Bertz CT molecular complexity index is 803. The zero-order valence-electron chi connectivity index (χ0n) is 10.8. The third-order valence-electron chi connectivity index (χ3n) is 3.23. The van der Waals surface area contributed by atoms with Crippen molar-refractivity contribution in [3.05, 3.63) is 34.3 Å². The van der Waals surface area contributed by atoms with E-state index < -0.39 is 0 Å². The Morgan fingerprint density at radius 3 is 3.10 bits per heavy atom. The molecule has 0 spiro atoms. The molecule has 0 bridgehead atoms. The molecule has 8 heteroatoms. The van der Waals surface area contributed by atoms with Crippen LogP contribution in [0.4, 0.5) is 5.13 Å². The lowest BCUT2D eigenvalue weighted by atomic mass is 10.2. The van der Waals surface area contributed by atoms with Gasteiger partial charge in [0.1, 0.15) is 11.0 Å². The minimum absolute atomic E-state index is 0.183. The quantitative estimate of drug-likeness (QED) is 0.785. The topological polar surface area (TPSA) is 77.0 Å². The lowest BCUT2D eigenvalue weighted by molar-refractivity contribution is 0.102. The van der Waals surface area contributed by atoms with E-state index in [-0.39, 0.29) is 5.91 Å². The van der Waals surface area contributed by atoms with Gasteiger partial charge >= 0.3 is 0 Å². The molecule has 106 valence electrons. The summed E-state index contributed by atoms with van der Waals surface area (Å²) in [6.07, 6.45) is 0.804. The third kappa shape index (κ3) is 2.41. The number of carbonyl (C=O) groups is 1. The average Bonchev–Trinajstić information content (AvgIpc) is 3.11. The van der Waals surface area contributed by atoms with Crippen molar-refractivity contribution in [1.82, 2.24) is 13.7 Å². The fourth-order valence-electron chi connectivity index (χ4n) is 2.17. The molecule has 0 unspecified atom stereocenters. The number of hydrogen-bond acceptors (Lipinski definition) is 7. The summed E-state index contributed by atoms with van der Waals surface area (Å²) in [5, 5.41) is 3.46. The van der Waals surface area contributed by atoms with Crippen LogP contribution in [0.2, 0.25) is 0 Å². The number of fused-ring (bicyclic) bond motifs is 2. The van der Waals surface area contributed by atoms with E-state index >= 15 is 0 Å². The first-order valence-electron chi connectivity index (χ1n) is 6.39. The molecule has 4 rings (SSSR count). The Morgan fingerprint density at radius 2 is 2.19 bits per heavy atom. The van der Waals surface area contributed by atoms with Crippen LogP contribution in [0.1, 0.15) is 20.9 Å². The summed E-state index contributed by atoms with van der Waals surface area (Å²) in [4.78, 5) is 17.8. The first-order valence-corrected chi connectivity index (χ1v) is 7.94. The molecule has 1 aliphatic rings. The fraction of sp³-hybridized carbons (Fsp3) is 0.231. The zero-order valence-corrected chi connectivity index (χ0v) is 12.5. The Morgan fingerprint density at radius 1 is 1.29 bits per heavy atom. The predicted octanol–water partition coefficient (Wildman–Crippen LogP) is 2.47. The van der Waals surface area contributed by atoms with Crippen LogP contribution in [0.25, 0.3) is 11.0 Å². The average molecular weight is 318 g/mol. The molecule has 1 aliphatic heterocycles. The van der Waals surface area contributed by atoms with Crippen LogP contribution < -0.4 is 5.32 Å². The van der Waals surface area contributed by atoms with Gasteiger partial charge in [-0.2, -0.15) is 8.75 Å². The van der Waals surface area contributed by atoms with E-state index in [9.17, 15) is 4.79 Å². The maximum atomic E-state index is 12.3. The summed E-state index contributed by atoms with van der Waals surface area (Å²) in [6, 6.07) is 5.29. The summed E-state index contributed by atoms with van der Waals surface area (Å²) < 4.78 is 13.6. The molecule has 3 heterocycles. The van der Waals surface area contributed by atoms with Crippen molar-refractivity contribution in [2.24, 2.45) is 0 Å². The number of thiazole rings is 1. The van der Waals surface area contributed by atoms with Crippen LogP contribution in [-0.2, 0) is 17.8 Å². The van der Waals surface area contributed by atoms with Gasteiger partial charge in [-0.1, -0.05) is 11.3 Å². The van der Waals surface area contributed by atoms with Crippen LogP contribution in [0.5, 0.6) is 0 Å². The molecule has 0 aliphatic carbocycles. The van der Waals surface area contributed by atoms with Crippen molar-refractivity contribution in [2.45, 2.75) is 13.0 Å². The SMILES string of the molecule is O=C(Nc1nc2c(s1)COCC2)c1ccc2nsnc2c1. The van der Waals surface area contributed by atoms with E-state index in [4.69, 9.17) is 4.74 Å². The largest absolute Gasteiger partial charge is 0.375 e. The van der Waals surface area contributed by atoms with E-state index in [2.05, 4.69) is 19.0 Å². The van der Waals surface area contributed by atoms with Crippen LogP contribution in [0.3, 0.4) is 0 Å². The molecule has 0 saturated carbocycles. The lowest BCUT2D eigenvalue weighted by Crippen LogP contribution is -2.12. The summed E-state index contributed by atoms with van der Waals surface area (Å²) in [6.45, 7) is 1.27. The van der Waals surface area contributed by atoms with Gasteiger partial charge in [-0.3, -0.25) is 10.1 Å². The van der Waals surface area contributed by atoms with Crippen molar-refractivity contribution in [2.75, 3.05) is 11.9 Å². The molecule has 0 atom stereocenters. The molecule has 3 aromatic rings. The number of rotatable bonds is 2. The van der Waals surface area contributed by atoms with Crippen molar-refractivity contribution in [1.29, 1.82) is 0 Å². The Balaban J connectivity index is 1.58. The first kappa shape index (κ1) is 12.8. The van der Waals surface area contributed by atoms with Gasteiger partial charge < -0.3 is 4.74 Å². The Labute approximate surface area is 128 Å². The van der Waals surface area contributed by atoms with E-state index in [1.807, 2.05) is 0 Å². The highest BCUT2D eigenvalue weighted by Gasteiger charge is 2.17. The van der Waals surface area contributed by atoms with E-state index in [1.54, 1.807) is 18.2 Å². The molecule has 6 nitrogen and oxygen atoms in total. The summed E-state index contributed by atoms with van der Waals surface area (Å²) in [5.74, 6) is -0.183.